The van der Waals surface area contributed by atoms with Gasteiger partial charge in [0.2, 0.25) is 5.91 Å². The van der Waals surface area contributed by atoms with Gasteiger partial charge < -0.3 is 15.4 Å². The quantitative estimate of drug-likeness (QED) is 0.473. The Labute approximate surface area is 138 Å². The topological polar surface area (TPSA) is 92.3 Å². The second-order valence-electron chi connectivity index (χ2n) is 5.92. The number of carbonyl (C=O) groups excluding carboxylic acids is 4. The molecule has 0 bridgehead atoms. The minimum atomic E-state index is -0.254. The van der Waals surface area contributed by atoms with E-state index in [0.717, 1.165) is 32.1 Å². The largest absolute Gasteiger partial charge is 0.349 e. The predicted molar refractivity (Wildman–Crippen MR) is 89.2 cm³/mol. The molecule has 0 aliphatic heterocycles. The molecular formula is C17H30N2O4. The van der Waals surface area contributed by atoms with Crippen LogP contribution in [-0.2, 0) is 19.2 Å². The minimum absolute atomic E-state index is 0.0120. The van der Waals surface area contributed by atoms with Crippen molar-refractivity contribution in [3.05, 3.63) is 0 Å². The first-order valence-electron chi connectivity index (χ1n) is 8.32. The summed E-state index contributed by atoms with van der Waals surface area (Å²) in [5, 5.41) is 5.53. The Hall–Kier alpha value is -1.56. The van der Waals surface area contributed by atoms with Crippen molar-refractivity contribution in [3.8, 4) is 0 Å². The van der Waals surface area contributed by atoms with E-state index >= 15 is 0 Å². The monoisotopic (exact) mass is 326 g/mol. The van der Waals surface area contributed by atoms with Crippen LogP contribution in [0.25, 0.3) is 0 Å². The van der Waals surface area contributed by atoms with Gasteiger partial charge in [0.05, 0.1) is 12.6 Å². The molecule has 0 aliphatic rings. The summed E-state index contributed by atoms with van der Waals surface area (Å²) in [6.45, 7) is 3.07. The first kappa shape index (κ1) is 21.4. The number of hydrogen-bond acceptors (Lipinski definition) is 5. The van der Waals surface area contributed by atoms with Gasteiger partial charge in [-0.1, -0.05) is 19.3 Å². The average Bonchev–Trinajstić information content (AvgIpc) is 2.49. The molecular weight excluding hydrogens is 296 g/mol. The highest BCUT2D eigenvalue weighted by atomic mass is 16.2. The molecule has 6 nitrogen and oxygen atoms in total. The van der Waals surface area contributed by atoms with E-state index in [1.165, 1.54) is 6.92 Å². The number of unbranched alkanes of at least 4 members (excludes halogenated alkanes) is 3. The zero-order valence-corrected chi connectivity index (χ0v) is 14.6. The van der Waals surface area contributed by atoms with Crippen LogP contribution in [0.4, 0.5) is 0 Å². The molecule has 0 rings (SSSR count). The normalized spacial score (nSPS) is 11.8. The average molecular weight is 326 g/mol. The lowest BCUT2D eigenvalue weighted by Gasteiger charge is -2.11. The second-order valence-corrected chi connectivity index (χ2v) is 5.92. The molecule has 0 fully saturated rings. The van der Waals surface area contributed by atoms with Crippen molar-refractivity contribution in [1.29, 1.82) is 0 Å². The number of Topliss-reactive ketones (excluding diaryl/α,β-unsaturated/α-hetero) is 3. The highest BCUT2D eigenvalue weighted by Gasteiger charge is 2.10. The molecule has 0 radical (unpaired) electrons. The molecule has 0 saturated heterocycles. The lowest BCUT2D eigenvalue weighted by atomic mass is 10.0. The van der Waals surface area contributed by atoms with E-state index in [1.807, 2.05) is 0 Å². The Morgan fingerprint density at radius 1 is 0.870 bits per heavy atom. The maximum atomic E-state index is 11.6. The van der Waals surface area contributed by atoms with Gasteiger partial charge in [-0.05, 0) is 33.7 Å². The second kappa shape index (κ2) is 12.9. The van der Waals surface area contributed by atoms with E-state index in [1.54, 1.807) is 14.0 Å². The van der Waals surface area contributed by atoms with Crippen molar-refractivity contribution in [3.63, 3.8) is 0 Å². The lowest BCUT2D eigenvalue weighted by molar-refractivity contribution is -0.126. The summed E-state index contributed by atoms with van der Waals surface area (Å²) in [6.07, 6.45) is 5.33. The Kier molecular flexibility index (Phi) is 12.1. The molecule has 1 atom stereocenters. The fourth-order valence-electron chi connectivity index (χ4n) is 2.24. The van der Waals surface area contributed by atoms with E-state index in [4.69, 9.17) is 0 Å². The highest BCUT2D eigenvalue weighted by molar-refractivity contribution is 5.88. The molecule has 23 heavy (non-hydrogen) atoms. The van der Waals surface area contributed by atoms with Gasteiger partial charge in [-0.2, -0.15) is 0 Å². The van der Waals surface area contributed by atoms with Crippen LogP contribution in [0.5, 0.6) is 0 Å². The molecule has 1 unspecified atom stereocenters. The fourth-order valence-corrected chi connectivity index (χ4v) is 2.24. The van der Waals surface area contributed by atoms with Crippen molar-refractivity contribution >= 4 is 23.3 Å². The number of likely N-dealkylation sites (N-methyl/N-ethyl adjacent to an activating group) is 1. The predicted octanol–water partition coefficient (Wildman–Crippen LogP) is 1.56. The Morgan fingerprint density at radius 3 is 2.09 bits per heavy atom. The van der Waals surface area contributed by atoms with Crippen LogP contribution in [0.15, 0.2) is 0 Å². The van der Waals surface area contributed by atoms with Crippen LogP contribution in [0, 0.1) is 0 Å². The van der Waals surface area contributed by atoms with Crippen LogP contribution in [0.3, 0.4) is 0 Å². The van der Waals surface area contributed by atoms with Crippen LogP contribution in [0.1, 0.15) is 65.2 Å². The Balaban J connectivity index is 3.58. The number of carbonyl (C=O) groups is 4. The Bertz CT molecular complexity index is 407. The van der Waals surface area contributed by atoms with Crippen molar-refractivity contribution in [2.75, 3.05) is 13.6 Å². The molecule has 0 aromatic carbocycles. The number of nitrogens with one attached hydrogen (secondary N) is 2. The standard InChI is InChI=1S/C17H30N2O4/c1-13(20)10-11-17(23)19-12-15(22)8-6-4-5-7-9-16(18-3)14(2)21/h16,18H,4-12H2,1-3H3,(H,19,23). The third-order valence-corrected chi connectivity index (χ3v) is 3.72. The maximum Gasteiger partial charge on any atom is 0.220 e. The summed E-state index contributed by atoms with van der Waals surface area (Å²) in [6, 6.07) is -0.0677. The molecule has 132 valence electrons. The van der Waals surface area contributed by atoms with Crippen LogP contribution >= 0.6 is 0 Å². The van der Waals surface area contributed by atoms with E-state index in [0.29, 0.717) is 6.42 Å². The van der Waals surface area contributed by atoms with Crippen molar-refractivity contribution in [2.45, 2.75) is 71.3 Å². The van der Waals surface area contributed by atoms with E-state index in [2.05, 4.69) is 10.6 Å². The van der Waals surface area contributed by atoms with Gasteiger partial charge in [0, 0.05) is 19.3 Å². The SMILES string of the molecule is CNC(CCCCCCC(=O)CNC(=O)CCC(C)=O)C(C)=O. The third-order valence-electron chi connectivity index (χ3n) is 3.72. The molecule has 0 saturated carbocycles. The first-order chi connectivity index (χ1) is 10.9. The highest BCUT2D eigenvalue weighted by Crippen LogP contribution is 2.08. The zero-order chi connectivity index (χ0) is 17.7. The molecule has 1 amide bonds. The maximum absolute atomic E-state index is 11.6. The summed E-state index contributed by atoms with van der Waals surface area (Å²) in [5.74, 6) is -0.117. The van der Waals surface area contributed by atoms with E-state index in [9.17, 15) is 19.2 Å². The molecule has 0 aromatic rings. The number of hydrogen-bond donors (Lipinski definition) is 2. The van der Waals surface area contributed by atoms with Gasteiger partial charge in [-0.25, -0.2) is 0 Å². The smallest absolute Gasteiger partial charge is 0.220 e. The van der Waals surface area contributed by atoms with Crippen LogP contribution in [-0.4, -0.2) is 42.9 Å². The van der Waals surface area contributed by atoms with Gasteiger partial charge in [0.15, 0.2) is 5.78 Å². The summed E-state index contributed by atoms with van der Waals surface area (Å²) in [5.41, 5.74) is 0. The third kappa shape index (κ3) is 12.6. The molecule has 0 aromatic heterocycles. The first-order valence-corrected chi connectivity index (χ1v) is 8.32. The Morgan fingerprint density at radius 2 is 1.52 bits per heavy atom. The van der Waals surface area contributed by atoms with Crippen LogP contribution in [0.2, 0.25) is 0 Å². The minimum Gasteiger partial charge on any atom is -0.349 e. The summed E-state index contributed by atoms with van der Waals surface area (Å²) < 4.78 is 0. The molecule has 0 heterocycles. The number of ketones is 3. The van der Waals surface area contributed by atoms with Gasteiger partial charge in [-0.15, -0.1) is 0 Å². The molecule has 0 aliphatic carbocycles. The molecule has 2 N–H and O–H groups in total. The fraction of sp³-hybridized carbons (Fsp3) is 0.765. The van der Waals surface area contributed by atoms with Crippen molar-refractivity contribution in [2.24, 2.45) is 0 Å². The summed E-state index contributed by atoms with van der Waals surface area (Å²) in [7, 11) is 1.79. The van der Waals surface area contributed by atoms with Gasteiger partial charge in [0.1, 0.15) is 11.6 Å². The van der Waals surface area contributed by atoms with Gasteiger partial charge in [0.25, 0.3) is 0 Å². The number of rotatable bonds is 14. The molecule has 0 spiro atoms. The lowest BCUT2D eigenvalue weighted by Crippen LogP contribution is -2.32. The zero-order valence-electron chi connectivity index (χ0n) is 14.6. The summed E-state index contributed by atoms with van der Waals surface area (Å²) >= 11 is 0. The van der Waals surface area contributed by atoms with Crippen molar-refractivity contribution in [1.82, 2.24) is 10.6 Å². The van der Waals surface area contributed by atoms with Gasteiger partial charge >= 0.3 is 0 Å². The van der Waals surface area contributed by atoms with E-state index < -0.39 is 0 Å². The number of amides is 1. The van der Waals surface area contributed by atoms with Crippen molar-refractivity contribution < 1.29 is 19.2 Å². The van der Waals surface area contributed by atoms with Crippen LogP contribution < -0.4 is 10.6 Å². The molecule has 6 heteroatoms. The van der Waals surface area contributed by atoms with E-state index in [-0.39, 0.29) is 48.7 Å². The van der Waals surface area contributed by atoms with Gasteiger partial charge in [-0.3, -0.25) is 14.4 Å². The summed E-state index contributed by atoms with van der Waals surface area (Å²) in [4.78, 5) is 45.0.